The lowest BCUT2D eigenvalue weighted by Gasteiger charge is -2.26. The minimum absolute atomic E-state index is 0.168. The normalized spacial score (nSPS) is 15.2. The minimum Gasteiger partial charge on any atom is -0.481 e. The Labute approximate surface area is 126 Å². The summed E-state index contributed by atoms with van der Waals surface area (Å²) in [5.74, 6) is 0.286. The molecule has 0 aliphatic heterocycles. The van der Waals surface area contributed by atoms with E-state index < -0.39 is 11.9 Å². The summed E-state index contributed by atoms with van der Waals surface area (Å²) < 4.78 is 1.66. The first-order valence-corrected chi connectivity index (χ1v) is 7.59. The van der Waals surface area contributed by atoms with Gasteiger partial charge in [0.1, 0.15) is 0 Å². The number of hydrogen-bond acceptors (Lipinski definition) is 4. The molecule has 1 aromatic heterocycles. The molecule has 0 saturated carbocycles. The highest BCUT2D eigenvalue weighted by molar-refractivity contribution is 5.69. The number of aromatic nitrogens is 4. The van der Waals surface area contributed by atoms with Crippen molar-refractivity contribution in [3.8, 4) is 0 Å². The van der Waals surface area contributed by atoms with Crippen molar-refractivity contribution in [1.29, 1.82) is 0 Å². The molecular weight excluding hydrogens is 268 g/mol. The van der Waals surface area contributed by atoms with Gasteiger partial charge in [0.2, 0.25) is 0 Å². The molecule has 0 aliphatic carbocycles. The monoisotopic (exact) mass is 296 g/mol. The van der Waals surface area contributed by atoms with Crippen LogP contribution in [0.3, 0.4) is 0 Å². The number of aliphatic carboxylic acids is 1. The van der Waals surface area contributed by atoms with E-state index in [2.05, 4.69) is 43.2 Å². The lowest BCUT2D eigenvalue weighted by atomic mass is 9.80. The smallest absolute Gasteiger partial charge is 0.308 e. The van der Waals surface area contributed by atoms with Crippen molar-refractivity contribution in [2.75, 3.05) is 0 Å². The molecule has 0 spiro atoms. The molecule has 2 unspecified atom stereocenters. The van der Waals surface area contributed by atoms with Gasteiger partial charge >= 0.3 is 5.97 Å². The van der Waals surface area contributed by atoms with Crippen molar-refractivity contribution in [2.45, 2.75) is 60.9 Å². The molecule has 0 amide bonds. The Morgan fingerprint density at radius 2 is 1.90 bits per heavy atom. The maximum Gasteiger partial charge on any atom is 0.308 e. The number of rotatable bonds is 7. The molecule has 1 heterocycles. The fourth-order valence-electron chi connectivity index (χ4n) is 2.12. The summed E-state index contributed by atoms with van der Waals surface area (Å²) in [4.78, 5) is 11.4. The summed E-state index contributed by atoms with van der Waals surface area (Å²) in [5, 5.41) is 21.1. The highest BCUT2D eigenvalue weighted by atomic mass is 16.4. The van der Waals surface area contributed by atoms with E-state index in [0.29, 0.717) is 24.8 Å². The van der Waals surface area contributed by atoms with Crippen LogP contribution in [0, 0.1) is 23.2 Å². The van der Waals surface area contributed by atoms with E-state index in [1.165, 1.54) is 0 Å². The Balaban J connectivity index is 2.81. The van der Waals surface area contributed by atoms with Gasteiger partial charge in [-0.1, -0.05) is 41.5 Å². The molecule has 0 fully saturated rings. The van der Waals surface area contributed by atoms with Gasteiger partial charge < -0.3 is 5.11 Å². The average molecular weight is 296 g/mol. The Kier molecular flexibility index (Phi) is 5.87. The molecule has 1 rings (SSSR count). The van der Waals surface area contributed by atoms with Gasteiger partial charge in [0.05, 0.1) is 12.5 Å². The first-order chi connectivity index (χ1) is 9.61. The molecule has 6 heteroatoms. The van der Waals surface area contributed by atoms with E-state index in [4.69, 9.17) is 0 Å². The summed E-state index contributed by atoms with van der Waals surface area (Å²) in [6, 6.07) is 0. The molecular formula is C15H28N4O2. The summed E-state index contributed by atoms with van der Waals surface area (Å²) in [5.41, 5.74) is 0.168. The molecule has 0 radical (unpaired) electrons. The molecule has 6 nitrogen and oxygen atoms in total. The van der Waals surface area contributed by atoms with Gasteiger partial charge in [0, 0.05) is 6.42 Å². The van der Waals surface area contributed by atoms with Crippen LogP contribution in [0.2, 0.25) is 0 Å². The van der Waals surface area contributed by atoms with Crippen LogP contribution in [-0.4, -0.2) is 31.3 Å². The zero-order valence-electron chi connectivity index (χ0n) is 14.0. The fourth-order valence-corrected chi connectivity index (χ4v) is 2.12. The van der Waals surface area contributed by atoms with Crippen molar-refractivity contribution < 1.29 is 9.90 Å². The largest absolute Gasteiger partial charge is 0.481 e. The third kappa shape index (κ3) is 5.44. The van der Waals surface area contributed by atoms with Gasteiger partial charge in [-0.25, -0.2) is 4.68 Å². The molecule has 21 heavy (non-hydrogen) atoms. The van der Waals surface area contributed by atoms with Gasteiger partial charge in [0.25, 0.3) is 0 Å². The first-order valence-electron chi connectivity index (χ1n) is 7.59. The SMILES string of the molecule is CC(C)CC(Cn1nnnc1CC(C)C(C)(C)C)C(=O)O. The first kappa shape index (κ1) is 17.6. The van der Waals surface area contributed by atoms with Crippen LogP contribution in [-0.2, 0) is 17.8 Å². The quantitative estimate of drug-likeness (QED) is 0.836. The molecule has 0 aromatic carbocycles. The maximum absolute atomic E-state index is 11.4. The molecule has 1 N–H and O–H groups in total. The number of tetrazole rings is 1. The number of carboxylic acid groups (broad SMARTS) is 1. The summed E-state index contributed by atoms with van der Waals surface area (Å²) >= 11 is 0. The van der Waals surface area contributed by atoms with E-state index in [-0.39, 0.29) is 5.41 Å². The van der Waals surface area contributed by atoms with E-state index in [9.17, 15) is 9.90 Å². The second kappa shape index (κ2) is 7.00. The van der Waals surface area contributed by atoms with Crippen LogP contribution >= 0.6 is 0 Å². The van der Waals surface area contributed by atoms with Crippen LogP contribution in [0.25, 0.3) is 0 Å². The van der Waals surface area contributed by atoms with E-state index >= 15 is 0 Å². The molecule has 0 bridgehead atoms. The van der Waals surface area contributed by atoms with Crippen LogP contribution in [0.15, 0.2) is 0 Å². The Morgan fingerprint density at radius 3 is 2.38 bits per heavy atom. The van der Waals surface area contributed by atoms with Crippen LogP contribution < -0.4 is 0 Å². The fraction of sp³-hybridized carbons (Fsp3) is 0.867. The van der Waals surface area contributed by atoms with E-state index in [1.54, 1.807) is 4.68 Å². The molecule has 1 aromatic rings. The van der Waals surface area contributed by atoms with Gasteiger partial charge in [0.15, 0.2) is 5.82 Å². The molecule has 0 saturated heterocycles. The second-order valence-electron chi connectivity index (χ2n) is 7.41. The predicted molar refractivity (Wildman–Crippen MR) is 80.7 cm³/mol. The second-order valence-corrected chi connectivity index (χ2v) is 7.41. The van der Waals surface area contributed by atoms with Crippen molar-refractivity contribution in [1.82, 2.24) is 20.2 Å². The number of carbonyl (C=O) groups is 1. The number of hydrogen-bond donors (Lipinski definition) is 1. The zero-order chi connectivity index (χ0) is 16.2. The maximum atomic E-state index is 11.4. The van der Waals surface area contributed by atoms with Crippen LogP contribution in [0.5, 0.6) is 0 Å². The van der Waals surface area contributed by atoms with Crippen LogP contribution in [0.4, 0.5) is 0 Å². The number of nitrogens with zero attached hydrogens (tertiary/aromatic N) is 4. The Morgan fingerprint density at radius 1 is 1.29 bits per heavy atom. The molecule has 0 aliphatic rings. The Hall–Kier alpha value is -1.46. The topological polar surface area (TPSA) is 80.9 Å². The summed E-state index contributed by atoms with van der Waals surface area (Å²) in [6.45, 7) is 13.1. The molecule has 2 atom stereocenters. The third-order valence-corrected chi connectivity index (χ3v) is 4.07. The van der Waals surface area contributed by atoms with Gasteiger partial charge in [-0.3, -0.25) is 4.79 Å². The van der Waals surface area contributed by atoms with Crippen molar-refractivity contribution in [3.63, 3.8) is 0 Å². The highest BCUT2D eigenvalue weighted by Crippen LogP contribution is 2.28. The highest BCUT2D eigenvalue weighted by Gasteiger charge is 2.25. The van der Waals surface area contributed by atoms with Crippen LogP contribution in [0.1, 0.15) is 53.8 Å². The predicted octanol–water partition coefficient (Wildman–Crippen LogP) is 2.64. The summed E-state index contributed by atoms with van der Waals surface area (Å²) in [6.07, 6.45) is 1.38. The van der Waals surface area contributed by atoms with Crippen molar-refractivity contribution in [3.05, 3.63) is 5.82 Å². The standard InChI is InChI=1S/C15H28N4O2/c1-10(2)7-12(14(20)21)9-19-13(16-17-18-19)8-11(3)15(4,5)6/h10-12H,7-9H2,1-6H3,(H,20,21). The van der Waals surface area contributed by atoms with Gasteiger partial charge in [-0.05, 0) is 34.1 Å². The lowest BCUT2D eigenvalue weighted by Crippen LogP contribution is -2.26. The molecule has 120 valence electrons. The van der Waals surface area contributed by atoms with Crippen molar-refractivity contribution in [2.24, 2.45) is 23.2 Å². The van der Waals surface area contributed by atoms with E-state index in [0.717, 1.165) is 12.2 Å². The third-order valence-electron chi connectivity index (χ3n) is 4.07. The van der Waals surface area contributed by atoms with E-state index in [1.807, 2.05) is 13.8 Å². The lowest BCUT2D eigenvalue weighted by molar-refractivity contribution is -0.142. The van der Waals surface area contributed by atoms with Gasteiger partial charge in [-0.2, -0.15) is 0 Å². The van der Waals surface area contributed by atoms with Gasteiger partial charge in [-0.15, -0.1) is 5.10 Å². The number of carboxylic acids is 1. The zero-order valence-corrected chi connectivity index (χ0v) is 14.0. The minimum atomic E-state index is -0.783. The summed E-state index contributed by atoms with van der Waals surface area (Å²) in [7, 11) is 0. The Bertz CT molecular complexity index is 462. The van der Waals surface area contributed by atoms with Crippen molar-refractivity contribution >= 4 is 5.97 Å². The average Bonchev–Trinajstić information content (AvgIpc) is 2.73.